The molecule has 2 aliphatic rings. The van der Waals surface area contributed by atoms with E-state index in [1.165, 1.54) is 24.5 Å². The fraction of sp³-hybridized carbons (Fsp3) is 0.320. The Bertz CT molecular complexity index is 1310. The molecule has 0 saturated carbocycles. The van der Waals surface area contributed by atoms with Crippen LogP contribution in [0.4, 0.5) is 15.9 Å². The number of methoxy groups -OCH3 is 1. The summed E-state index contributed by atoms with van der Waals surface area (Å²) in [7, 11) is 1.56. The average Bonchev–Trinajstić information content (AvgIpc) is 3.13. The van der Waals surface area contributed by atoms with Crippen molar-refractivity contribution in [3.8, 4) is 11.5 Å². The molecule has 3 heterocycles. The zero-order valence-electron chi connectivity index (χ0n) is 18.9. The Morgan fingerprint density at radius 2 is 1.94 bits per heavy atom. The Labute approximate surface area is 211 Å². The van der Waals surface area contributed by atoms with Crippen molar-refractivity contribution in [3.05, 3.63) is 59.1 Å². The topological polar surface area (TPSA) is 76.6 Å². The molecule has 3 aromatic rings. The van der Waals surface area contributed by atoms with Crippen molar-refractivity contribution in [3.63, 3.8) is 0 Å². The first-order chi connectivity index (χ1) is 16.9. The molecule has 1 unspecified atom stereocenters. The highest BCUT2D eigenvalue weighted by molar-refractivity contribution is 6.42. The first kappa shape index (κ1) is 23.6. The Kier molecular flexibility index (Phi) is 6.42. The molecule has 2 aromatic carbocycles. The van der Waals surface area contributed by atoms with Gasteiger partial charge in [-0.2, -0.15) is 0 Å². The van der Waals surface area contributed by atoms with E-state index in [4.69, 9.17) is 32.7 Å². The van der Waals surface area contributed by atoms with Gasteiger partial charge in [0, 0.05) is 36.4 Å². The van der Waals surface area contributed by atoms with Gasteiger partial charge >= 0.3 is 0 Å². The SMILES string of the molecule is C=CC(=O)N1[C@@H]2CC[C@H]1CC(Oc1cc3c(Nc4ccc(Cl)c(Cl)c4F)ncnc3cc1OC)C2. The zero-order chi connectivity index (χ0) is 24.7. The number of carbonyl (C=O) groups is 1. The summed E-state index contributed by atoms with van der Waals surface area (Å²) in [4.78, 5) is 22.8. The molecule has 2 bridgehead atoms. The van der Waals surface area contributed by atoms with Gasteiger partial charge in [-0.3, -0.25) is 4.79 Å². The molecule has 2 fully saturated rings. The second kappa shape index (κ2) is 9.51. The lowest BCUT2D eigenvalue weighted by molar-refractivity contribution is -0.131. The van der Waals surface area contributed by atoms with E-state index in [0.29, 0.717) is 28.2 Å². The number of nitrogens with zero attached hydrogens (tertiary/aromatic N) is 3. The van der Waals surface area contributed by atoms with Gasteiger partial charge in [-0.1, -0.05) is 29.8 Å². The van der Waals surface area contributed by atoms with Crippen molar-refractivity contribution in [1.82, 2.24) is 14.9 Å². The number of piperidine rings is 1. The zero-order valence-corrected chi connectivity index (χ0v) is 20.4. The van der Waals surface area contributed by atoms with Gasteiger partial charge in [0.25, 0.3) is 0 Å². The van der Waals surface area contributed by atoms with Gasteiger partial charge in [-0.15, -0.1) is 0 Å². The summed E-state index contributed by atoms with van der Waals surface area (Å²) in [6, 6.07) is 6.81. The minimum absolute atomic E-state index is 0.0263. The second-order valence-corrected chi connectivity index (χ2v) is 9.42. The van der Waals surface area contributed by atoms with Crippen molar-refractivity contribution >= 4 is 51.5 Å². The molecule has 0 radical (unpaired) electrons. The lowest BCUT2D eigenvalue weighted by atomic mass is 9.99. The van der Waals surface area contributed by atoms with Crippen molar-refractivity contribution in [2.45, 2.75) is 43.9 Å². The summed E-state index contributed by atoms with van der Waals surface area (Å²) in [5, 5.41) is 3.56. The standard InChI is InChI=1S/C25H23Cl2FN4O3/c1-3-22(33)32-13-4-5-14(32)9-15(8-13)35-21-10-16-19(11-20(21)34-2)29-12-30-25(16)31-18-7-6-17(26)23(27)24(18)28/h3,6-7,10-15H,1,4-5,8-9H2,2H3,(H,29,30,31)/t13-,14+,15?. The molecule has 1 amide bonds. The van der Waals surface area contributed by atoms with E-state index in [0.717, 1.165) is 25.7 Å². The minimum Gasteiger partial charge on any atom is -0.493 e. The second-order valence-electron chi connectivity index (χ2n) is 8.64. The van der Waals surface area contributed by atoms with Crippen molar-refractivity contribution in [2.75, 3.05) is 12.4 Å². The maximum Gasteiger partial charge on any atom is 0.246 e. The van der Waals surface area contributed by atoms with Crippen molar-refractivity contribution in [2.24, 2.45) is 0 Å². The quantitative estimate of drug-likeness (QED) is 0.324. The Morgan fingerprint density at radius 3 is 2.63 bits per heavy atom. The molecule has 0 aliphatic carbocycles. The largest absolute Gasteiger partial charge is 0.493 e. The number of aromatic nitrogens is 2. The summed E-state index contributed by atoms with van der Waals surface area (Å²) in [5.41, 5.74) is 0.729. The fourth-order valence-electron chi connectivity index (χ4n) is 5.03. The van der Waals surface area contributed by atoms with Crippen LogP contribution in [0.15, 0.2) is 43.2 Å². The fourth-order valence-corrected chi connectivity index (χ4v) is 5.34. The predicted octanol–water partition coefficient (Wildman–Crippen LogP) is 5.91. The number of hydrogen-bond donors (Lipinski definition) is 1. The van der Waals surface area contributed by atoms with Crippen LogP contribution in [0, 0.1) is 5.82 Å². The summed E-state index contributed by atoms with van der Waals surface area (Å²) < 4.78 is 26.6. The normalized spacial score (nSPS) is 21.1. The van der Waals surface area contributed by atoms with Crippen LogP contribution in [0.5, 0.6) is 11.5 Å². The van der Waals surface area contributed by atoms with Crippen LogP contribution in [-0.2, 0) is 4.79 Å². The molecular formula is C25H23Cl2FN4O3. The van der Waals surface area contributed by atoms with Crippen LogP contribution in [0.1, 0.15) is 25.7 Å². The number of fused-ring (bicyclic) bond motifs is 3. The number of rotatable bonds is 6. The Balaban J connectivity index is 1.45. The first-order valence-electron chi connectivity index (χ1n) is 11.2. The number of ether oxygens (including phenoxy) is 2. The van der Waals surface area contributed by atoms with Crippen LogP contribution in [-0.4, -0.2) is 46.1 Å². The van der Waals surface area contributed by atoms with Crippen LogP contribution in [0.3, 0.4) is 0 Å². The lowest BCUT2D eigenvalue weighted by Crippen LogP contribution is -2.48. The summed E-state index contributed by atoms with van der Waals surface area (Å²) in [6.07, 6.45) is 6.03. The molecule has 2 saturated heterocycles. The van der Waals surface area contributed by atoms with Gasteiger partial charge in [0.15, 0.2) is 17.3 Å². The summed E-state index contributed by atoms with van der Waals surface area (Å²) in [5.74, 6) is 0.736. The van der Waals surface area contributed by atoms with Crippen molar-refractivity contribution < 1.29 is 18.7 Å². The summed E-state index contributed by atoms with van der Waals surface area (Å²) in [6.45, 7) is 3.63. The van der Waals surface area contributed by atoms with E-state index in [1.807, 2.05) is 4.90 Å². The van der Waals surface area contributed by atoms with Gasteiger partial charge in [0.2, 0.25) is 5.91 Å². The third-order valence-electron chi connectivity index (χ3n) is 6.62. The third kappa shape index (κ3) is 4.36. The minimum atomic E-state index is -0.674. The molecular weight excluding hydrogens is 494 g/mol. The number of anilines is 2. The highest BCUT2D eigenvalue weighted by Gasteiger charge is 2.43. The number of nitrogens with one attached hydrogen (secondary N) is 1. The molecule has 0 spiro atoms. The van der Waals surface area contributed by atoms with E-state index in [1.54, 1.807) is 19.2 Å². The van der Waals surface area contributed by atoms with Crippen LogP contribution >= 0.6 is 23.2 Å². The van der Waals surface area contributed by atoms with Crippen LogP contribution in [0.2, 0.25) is 10.0 Å². The highest BCUT2D eigenvalue weighted by Crippen LogP contribution is 2.41. The molecule has 1 N–H and O–H groups in total. The smallest absolute Gasteiger partial charge is 0.246 e. The van der Waals surface area contributed by atoms with Crippen LogP contribution in [0.25, 0.3) is 10.9 Å². The maximum atomic E-state index is 14.6. The van der Waals surface area contributed by atoms with Crippen LogP contribution < -0.4 is 14.8 Å². The third-order valence-corrected chi connectivity index (χ3v) is 7.40. The number of halogens is 3. The predicted molar refractivity (Wildman–Crippen MR) is 133 cm³/mol. The molecule has 7 nitrogen and oxygen atoms in total. The molecule has 10 heteroatoms. The number of amides is 1. The number of hydrogen-bond acceptors (Lipinski definition) is 6. The van der Waals surface area contributed by atoms with Gasteiger partial charge < -0.3 is 19.7 Å². The lowest BCUT2D eigenvalue weighted by Gasteiger charge is -2.38. The average molecular weight is 517 g/mol. The molecule has 3 atom stereocenters. The molecule has 35 heavy (non-hydrogen) atoms. The molecule has 1 aromatic heterocycles. The van der Waals surface area contributed by atoms with E-state index in [9.17, 15) is 9.18 Å². The number of benzene rings is 2. The monoisotopic (exact) mass is 516 g/mol. The van der Waals surface area contributed by atoms with Crippen molar-refractivity contribution in [1.29, 1.82) is 0 Å². The molecule has 182 valence electrons. The van der Waals surface area contributed by atoms with Gasteiger partial charge in [-0.25, -0.2) is 14.4 Å². The molecule has 5 rings (SSSR count). The van der Waals surface area contributed by atoms with E-state index >= 15 is 0 Å². The first-order valence-corrected chi connectivity index (χ1v) is 12.0. The van der Waals surface area contributed by atoms with Gasteiger partial charge in [0.05, 0.1) is 28.4 Å². The summed E-state index contributed by atoms with van der Waals surface area (Å²) >= 11 is 11.9. The van der Waals surface area contributed by atoms with Gasteiger partial charge in [0.1, 0.15) is 18.2 Å². The maximum absolute atomic E-state index is 14.6. The van der Waals surface area contributed by atoms with E-state index in [2.05, 4.69) is 21.9 Å². The van der Waals surface area contributed by atoms with Gasteiger partial charge in [-0.05, 0) is 37.1 Å². The Hall–Kier alpha value is -3.10. The number of carbonyl (C=O) groups excluding carboxylic acids is 1. The Morgan fingerprint density at radius 1 is 1.20 bits per heavy atom. The van der Waals surface area contributed by atoms with E-state index in [-0.39, 0.29) is 39.8 Å². The van der Waals surface area contributed by atoms with E-state index < -0.39 is 5.82 Å². The molecule has 2 aliphatic heterocycles. The highest BCUT2D eigenvalue weighted by atomic mass is 35.5.